The summed E-state index contributed by atoms with van der Waals surface area (Å²) in [5.74, 6) is -3.89. The Morgan fingerprint density at radius 3 is 2.63 bits per heavy atom. The second-order valence-electron chi connectivity index (χ2n) is 9.39. The molecule has 13 nitrogen and oxygen atoms in total. The molecule has 3 amide bonds. The third-order valence-corrected chi connectivity index (χ3v) is 7.14. The molecule has 0 radical (unpaired) electrons. The van der Waals surface area contributed by atoms with Crippen molar-refractivity contribution in [3.63, 3.8) is 0 Å². The number of hydrogen-bond donors (Lipinski definition) is 6. The van der Waals surface area contributed by atoms with Gasteiger partial charge in [0.25, 0.3) is 5.91 Å². The summed E-state index contributed by atoms with van der Waals surface area (Å²) in [4.78, 5) is 49.0. The summed E-state index contributed by atoms with van der Waals surface area (Å²) < 4.78 is 0. The maximum absolute atomic E-state index is 12.9. The highest BCUT2D eigenvalue weighted by Gasteiger charge is 2.73. The van der Waals surface area contributed by atoms with Crippen LogP contribution in [0.1, 0.15) is 35.2 Å². The fourth-order valence-corrected chi connectivity index (χ4v) is 5.45. The van der Waals surface area contributed by atoms with E-state index in [1.807, 2.05) is 13.0 Å². The minimum atomic E-state index is -2.60. The zero-order valence-corrected chi connectivity index (χ0v) is 19.1. The molecule has 13 heteroatoms. The van der Waals surface area contributed by atoms with Gasteiger partial charge < -0.3 is 37.2 Å². The highest BCUT2D eigenvalue weighted by molar-refractivity contribution is 5.98. The Hall–Kier alpha value is -3.71. The number of benzene rings is 1. The van der Waals surface area contributed by atoms with Crippen LogP contribution in [0.4, 0.5) is 0 Å². The highest BCUT2D eigenvalue weighted by atomic mass is 16.5. The molecule has 4 atom stereocenters. The largest absolute Gasteiger partial charge is 0.370 e. The van der Waals surface area contributed by atoms with Gasteiger partial charge in [-0.15, -0.1) is 0 Å². The van der Waals surface area contributed by atoms with Crippen LogP contribution in [0, 0.1) is 6.92 Å². The Morgan fingerprint density at radius 1 is 1.23 bits per heavy atom. The minimum Gasteiger partial charge on any atom is -0.370 e. The number of amides is 3. The van der Waals surface area contributed by atoms with Crippen molar-refractivity contribution in [2.24, 2.45) is 21.5 Å². The monoisotopic (exact) mass is 484 g/mol. The number of nitrogens with zero attached hydrogens (tertiary/aromatic N) is 4. The number of likely N-dealkylation sites (tertiary alicyclic amines) is 1. The van der Waals surface area contributed by atoms with E-state index in [0.29, 0.717) is 12.0 Å². The average molecular weight is 485 g/mol. The molecule has 4 aliphatic rings. The van der Waals surface area contributed by atoms with E-state index in [1.54, 1.807) is 18.2 Å². The molecule has 4 aliphatic heterocycles. The summed E-state index contributed by atoms with van der Waals surface area (Å²) in [6, 6.07) is 3.79. The number of aliphatic hydroxyl groups is 2. The van der Waals surface area contributed by atoms with Gasteiger partial charge >= 0.3 is 0 Å². The number of aryl methyl sites for hydroxylation is 1. The van der Waals surface area contributed by atoms with Crippen LogP contribution < -0.4 is 22.1 Å². The van der Waals surface area contributed by atoms with Gasteiger partial charge in [0, 0.05) is 24.9 Å². The Kier molecular flexibility index (Phi) is 5.21. The number of hydrogen-bond acceptors (Lipinski definition) is 11. The predicted octanol–water partition coefficient (Wildman–Crippen LogP) is -2.69. The van der Waals surface area contributed by atoms with Crippen LogP contribution in [-0.4, -0.2) is 92.3 Å². The van der Waals surface area contributed by atoms with Crippen molar-refractivity contribution in [3.05, 3.63) is 35.4 Å². The maximum Gasteiger partial charge on any atom is 0.251 e. The van der Waals surface area contributed by atoms with E-state index in [-0.39, 0.29) is 49.7 Å². The molecule has 0 saturated carbocycles. The number of imide groups is 1. The molecule has 4 heterocycles. The van der Waals surface area contributed by atoms with Crippen molar-refractivity contribution >= 4 is 29.6 Å². The molecule has 5 rings (SSSR count). The lowest BCUT2D eigenvalue weighted by Gasteiger charge is -2.49. The van der Waals surface area contributed by atoms with Crippen molar-refractivity contribution in [3.8, 4) is 0 Å². The van der Waals surface area contributed by atoms with Crippen LogP contribution in [0.25, 0.3) is 0 Å². The molecule has 8 N–H and O–H groups in total. The van der Waals surface area contributed by atoms with Crippen LogP contribution in [0.5, 0.6) is 0 Å². The number of nitrogens with one attached hydrogen (secondary N) is 2. The van der Waals surface area contributed by atoms with Crippen molar-refractivity contribution in [1.29, 1.82) is 0 Å². The zero-order valence-electron chi connectivity index (χ0n) is 19.1. The molecule has 0 bridgehead atoms. The van der Waals surface area contributed by atoms with Gasteiger partial charge in [0.2, 0.25) is 17.6 Å². The van der Waals surface area contributed by atoms with Gasteiger partial charge in [-0.05, 0) is 25.5 Å². The van der Waals surface area contributed by atoms with Crippen LogP contribution in [0.3, 0.4) is 0 Å². The molecule has 0 aliphatic carbocycles. The molecule has 1 spiro atoms. The van der Waals surface area contributed by atoms with E-state index in [9.17, 15) is 24.6 Å². The van der Waals surface area contributed by atoms with Crippen LogP contribution in [0.15, 0.2) is 34.3 Å². The Balaban J connectivity index is 1.46. The van der Waals surface area contributed by atoms with E-state index < -0.39 is 35.5 Å². The van der Waals surface area contributed by atoms with E-state index in [2.05, 4.69) is 20.6 Å². The van der Waals surface area contributed by atoms with E-state index in [1.165, 1.54) is 4.90 Å². The van der Waals surface area contributed by atoms with Gasteiger partial charge in [-0.1, -0.05) is 17.7 Å². The number of guanidine groups is 2. The second kappa shape index (κ2) is 7.92. The summed E-state index contributed by atoms with van der Waals surface area (Å²) in [5, 5.41) is 28.5. The lowest BCUT2D eigenvalue weighted by molar-refractivity contribution is -0.230. The number of carbonyl (C=O) groups excluding carboxylic acids is 3. The Labute approximate surface area is 200 Å². The summed E-state index contributed by atoms with van der Waals surface area (Å²) in [7, 11) is 0. The van der Waals surface area contributed by atoms with Crippen molar-refractivity contribution in [2.75, 3.05) is 13.1 Å². The Bertz CT molecular complexity index is 1150. The first kappa shape index (κ1) is 23.1. The topological polar surface area (TPSA) is 199 Å². The standard InChI is InChI=1S/C22H28N8O5/c1-11-4-2-5-12(8-11)18(33)26-14-10-30-20(24)25-13(9-29-15(31)6-3-7-16(29)32)17-21(30,22(14,34)35)28-19(23)27-17/h2,4-5,8,13-14,17,34-35H,3,6-7,9-10H2,1H3,(H2,24,25)(H,26,33)(H3,23,27,28)/t13?,14?,17-,21-/m0/s1. The number of carbonyl (C=O) groups is 3. The number of aliphatic imine (C=N–C) groups is 2. The van der Waals surface area contributed by atoms with E-state index >= 15 is 0 Å². The van der Waals surface area contributed by atoms with Gasteiger partial charge in [0.05, 0.1) is 12.6 Å². The van der Waals surface area contributed by atoms with Crippen LogP contribution >= 0.6 is 0 Å². The fourth-order valence-electron chi connectivity index (χ4n) is 5.45. The smallest absolute Gasteiger partial charge is 0.251 e. The average Bonchev–Trinajstić information content (AvgIpc) is 3.26. The SMILES string of the molecule is Cc1cccc(C(=O)NC2CN3C(N)=NC(CN4C(=O)CCCC4=O)[C@@H]4N=C(N)N[C@@]43C2(O)O)c1. The first-order valence-electron chi connectivity index (χ1n) is 11.4. The number of piperidine rings is 1. The second-order valence-corrected chi connectivity index (χ2v) is 9.39. The predicted molar refractivity (Wildman–Crippen MR) is 124 cm³/mol. The molecule has 0 aromatic heterocycles. The molecule has 1 aromatic carbocycles. The van der Waals surface area contributed by atoms with Gasteiger partial charge in [-0.25, -0.2) is 9.98 Å². The lowest BCUT2D eigenvalue weighted by Crippen LogP contribution is -2.78. The summed E-state index contributed by atoms with van der Waals surface area (Å²) in [6.07, 6.45) is 0.956. The lowest BCUT2D eigenvalue weighted by atomic mass is 9.84. The first-order chi connectivity index (χ1) is 16.5. The molecular formula is C22H28N8O5. The number of nitrogens with two attached hydrogens (primary N) is 2. The molecule has 2 saturated heterocycles. The van der Waals surface area contributed by atoms with E-state index in [4.69, 9.17) is 11.5 Å². The summed E-state index contributed by atoms with van der Waals surface area (Å²) in [5.41, 5.74) is 11.7. The van der Waals surface area contributed by atoms with Crippen LogP contribution in [0.2, 0.25) is 0 Å². The first-order valence-corrected chi connectivity index (χ1v) is 11.4. The number of rotatable bonds is 4. The molecule has 1 aromatic rings. The van der Waals surface area contributed by atoms with Gasteiger partial charge in [0.1, 0.15) is 12.1 Å². The third kappa shape index (κ3) is 3.41. The van der Waals surface area contributed by atoms with Crippen LogP contribution in [-0.2, 0) is 9.59 Å². The van der Waals surface area contributed by atoms with Crippen molar-refractivity contribution in [2.45, 2.75) is 55.8 Å². The highest BCUT2D eigenvalue weighted by Crippen LogP contribution is 2.45. The Morgan fingerprint density at radius 2 is 1.94 bits per heavy atom. The molecular weight excluding hydrogens is 456 g/mol. The summed E-state index contributed by atoms with van der Waals surface area (Å²) in [6.45, 7) is 1.62. The maximum atomic E-state index is 12.9. The fraction of sp³-hybridized carbons (Fsp3) is 0.500. The van der Waals surface area contributed by atoms with Gasteiger partial charge in [-0.2, -0.15) is 0 Å². The normalized spacial score (nSPS) is 31.3. The van der Waals surface area contributed by atoms with Crippen molar-refractivity contribution < 1.29 is 24.6 Å². The molecule has 2 fully saturated rings. The minimum absolute atomic E-state index is 0.0552. The van der Waals surface area contributed by atoms with Crippen molar-refractivity contribution in [1.82, 2.24) is 20.4 Å². The third-order valence-electron chi connectivity index (χ3n) is 7.14. The van der Waals surface area contributed by atoms with Gasteiger partial charge in [-0.3, -0.25) is 19.3 Å². The molecule has 35 heavy (non-hydrogen) atoms. The molecule has 2 unspecified atom stereocenters. The zero-order chi connectivity index (χ0) is 25.1. The van der Waals surface area contributed by atoms with E-state index in [0.717, 1.165) is 10.5 Å². The van der Waals surface area contributed by atoms with Gasteiger partial charge in [0.15, 0.2) is 17.6 Å². The molecule has 186 valence electrons. The summed E-state index contributed by atoms with van der Waals surface area (Å²) >= 11 is 0. The quantitative estimate of drug-likeness (QED) is 0.194.